The molecule has 0 amide bonds. The molecule has 1 aliphatic heterocycles. The number of para-hydroxylation sites is 1. The first kappa shape index (κ1) is 14.8. The number of rotatable bonds is 6. The summed E-state index contributed by atoms with van der Waals surface area (Å²) >= 11 is 0. The Morgan fingerprint density at radius 1 is 1.20 bits per heavy atom. The van der Waals surface area contributed by atoms with Crippen LogP contribution in [-0.4, -0.2) is 50.2 Å². The Bertz CT molecular complexity index is 418. The van der Waals surface area contributed by atoms with Gasteiger partial charge in [0, 0.05) is 38.4 Å². The van der Waals surface area contributed by atoms with E-state index < -0.39 is 0 Å². The molecule has 1 aromatic rings. The van der Waals surface area contributed by atoms with Crippen LogP contribution in [-0.2, 0) is 0 Å². The van der Waals surface area contributed by atoms with Gasteiger partial charge in [0.2, 0.25) is 0 Å². The molecule has 1 heterocycles. The van der Waals surface area contributed by atoms with Crippen molar-refractivity contribution >= 4 is 5.69 Å². The predicted molar refractivity (Wildman–Crippen MR) is 82.8 cm³/mol. The van der Waals surface area contributed by atoms with E-state index in [1.807, 2.05) is 6.92 Å². The first-order chi connectivity index (χ1) is 9.83. The Morgan fingerprint density at radius 3 is 2.50 bits per heavy atom. The minimum absolute atomic E-state index is 0.00727. The first-order valence-corrected chi connectivity index (χ1v) is 7.49. The van der Waals surface area contributed by atoms with Crippen molar-refractivity contribution in [2.24, 2.45) is 0 Å². The van der Waals surface area contributed by atoms with Gasteiger partial charge in [-0.3, -0.25) is 4.90 Å². The van der Waals surface area contributed by atoms with Crippen LogP contribution in [0.15, 0.2) is 30.3 Å². The smallest absolute Gasteiger partial charge is 0.0965 e. The molecular formula is C16H24N4. The lowest BCUT2D eigenvalue weighted by molar-refractivity contribution is 0.249. The lowest BCUT2D eigenvalue weighted by Gasteiger charge is -2.36. The summed E-state index contributed by atoms with van der Waals surface area (Å²) in [7, 11) is 0. The molecule has 0 saturated carbocycles. The zero-order chi connectivity index (χ0) is 14.2. The van der Waals surface area contributed by atoms with Crippen LogP contribution in [0.1, 0.15) is 13.3 Å². The normalized spacial score (nSPS) is 17.7. The number of nitrogens with zero attached hydrogens (tertiary/aromatic N) is 3. The summed E-state index contributed by atoms with van der Waals surface area (Å²) in [5.41, 5.74) is 1.31. The summed E-state index contributed by atoms with van der Waals surface area (Å²) in [4.78, 5) is 4.89. The average molecular weight is 272 g/mol. The Labute approximate surface area is 122 Å². The van der Waals surface area contributed by atoms with Gasteiger partial charge < -0.3 is 10.2 Å². The van der Waals surface area contributed by atoms with Gasteiger partial charge in [0.15, 0.2) is 0 Å². The van der Waals surface area contributed by atoms with Gasteiger partial charge in [-0.25, -0.2) is 0 Å². The molecule has 0 radical (unpaired) electrons. The van der Waals surface area contributed by atoms with E-state index in [-0.39, 0.29) is 6.04 Å². The minimum atomic E-state index is -0.00727. The van der Waals surface area contributed by atoms with Crippen molar-refractivity contribution in [2.45, 2.75) is 19.4 Å². The molecule has 1 saturated heterocycles. The number of piperazine rings is 1. The molecule has 0 bridgehead atoms. The molecule has 1 aliphatic rings. The van der Waals surface area contributed by atoms with Crippen LogP contribution in [0.3, 0.4) is 0 Å². The maximum absolute atomic E-state index is 9.04. The summed E-state index contributed by atoms with van der Waals surface area (Å²) in [6.07, 6.45) is 0.912. The molecule has 0 aliphatic carbocycles. The van der Waals surface area contributed by atoms with E-state index in [1.54, 1.807) is 0 Å². The Balaban J connectivity index is 1.73. The molecule has 4 nitrogen and oxygen atoms in total. The predicted octanol–water partition coefficient (Wildman–Crippen LogP) is 1.70. The highest BCUT2D eigenvalue weighted by molar-refractivity contribution is 5.46. The highest BCUT2D eigenvalue weighted by atomic mass is 15.3. The fourth-order valence-corrected chi connectivity index (χ4v) is 2.64. The van der Waals surface area contributed by atoms with Crippen LogP contribution >= 0.6 is 0 Å². The van der Waals surface area contributed by atoms with Crippen LogP contribution in [0.5, 0.6) is 0 Å². The van der Waals surface area contributed by atoms with Crippen molar-refractivity contribution < 1.29 is 0 Å². The maximum Gasteiger partial charge on any atom is 0.0965 e. The molecule has 2 rings (SSSR count). The monoisotopic (exact) mass is 272 g/mol. The van der Waals surface area contributed by atoms with Crippen molar-refractivity contribution in [1.29, 1.82) is 5.26 Å². The second kappa shape index (κ2) is 7.88. The standard InChI is InChI=1S/C16H24N4/c1-2-18-15(14-17)8-9-19-10-12-20(13-11-19)16-6-4-3-5-7-16/h3-7,15,18H,2,8-13H2,1H3. The summed E-state index contributed by atoms with van der Waals surface area (Å²) in [6.45, 7) is 8.22. The number of anilines is 1. The number of benzene rings is 1. The molecule has 1 unspecified atom stereocenters. The average Bonchev–Trinajstić information content (AvgIpc) is 2.53. The van der Waals surface area contributed by atoms with Gasteiger partial charge in [0.05, 0.1) is 12.1 Å². The summed E-state index contributed by atoms with van der Waals surface area (Å²) in [6, 6.07) is 12.9. The van der Waals surface area contributed by atoms with E-state index in [2.05, 4.69) is 51.5 Å². The Morgan fingerprint density at radius 2 is 1.90 bits per heavy atom. The van der Waals surface area contributed by atoms with E-state index in [9.17, 15) is 0 Å². The molecular weight excluding hydrogens is 248 g/mol. The highest BCUT2D eigenvalue weighted by Crippen LogP contribution is 2.15. The Kier molecular flexibility index (Phi) is 5.85. The van der Waals surface area contributed by atoms with E-state index in [4.69, 9.17) is 5.26 Å². The van der Waals surface area contributed by atoms with Gasteiger partial charge in [-0.2, -0.15) is 5.26 Å². The SMILES string of the molecule is CCNC(C#N)CCN1CCN(c2ccccc2)CC1. The largest absolute Gasteiger partial charge is 0.369 e. The van der Waals surface area contributed by atoms with Gasteiger partial charge in [-0.05, 0) is 25.1 Å². The van der Waals surface area contributed by atoms with Crippen LogP contribution in [0.4, 0.5) is 5.69 Å². The van der Waals surface area contributed by atoms with Gasteiger partial charge in [0.1, 0.15) is 0 Å². The van der Waals surface area contributed by atoms with Gasteiger partial charge in [-0.15, -0.1) is 0 Å². The van der Waals surface area contributed by atoms with Crippen LogP contribution in [0, 0.1) is 11.3 Å². The number of nitriles is 1. The maximum atomic E-state index is 9.04. The zero-order valence-electron chi connectivity index (χ0n) is 12.3. The molecule has 4 heteroatoms. The van der Waals surface area contributed by atoms with E-state index in [0.29, 0.717) is 0 Å². The molecule has 1 aromatic carbocycles. The van der Waals surface area contributed by atoms with Crippen LogP contribution in [0.25, 0.3) is 0 Å². The molecule has 0 aromatic heterocycles. The molecule has 0 spiro atoms. The number of nitrogens with one attached hydrogen (secondary N) is 1. The molecule has 1 atom stereocenters. The highest BCUT2D eigenvalue weighted by Gasteiger charge is 2.17. The lowest BCUT2D eigenvalue weighted by Crippen LogP contribution is -2.47. The Hall–Kier alpha value is -1.57. The third-order valence-corrected chi connectivity index (χ3v) is 3.83. The topological polar surface area (TPSA) is 42.3 Å². The van der Waals surface area contributed by atoms with Gasteiger partial charge in [0.25, 0.3) is 0 Å². The van der Waals surface area contributed by atoms with Crippen molar-refractivity contribution in [3.8, 4) is 6.07 Å². The third-order valence-electron chi connectivity index (χ3n) is 3.83. The van der Waals surface area contributed by atoms with E-state index in [0.717, 1.165) is 45.7 Å². The first-order valence-electron chi connectivity index (χ1n) is 7.49. The molecule has 1 N–H and O–H groups in total. The second-order valence-corrected chi connectivity index (χ2v) is 5.19. The summed E-state index contributed by atoms with van der Waals surface area (Å²) in [5, 5.41) is 12.2. The lowest BCUT2D eigenvalue weighted by atomic mass is 10.2. The van der Waals surface area contributed by atoms with Crippen molar-refractivity contribution in [1.82, 2.24) is 10.2 Å². The molecule has 1 fully saturated rings. The fraction of sp³-hybridized carbons (Fsp3) is 0.562. The molecule has 20 heavy (non-hydrogen) atoms. The van der Waals surface area contributed by atoms with E-state index >= 15 is 0 Å². The number of hydrogen-bond acceptors (Lipinski definition) is 4. The summed E-state index contributed by atoms with van der Waals surface area (Å²) < 4.78 is 0. The summed E-state index contributed by atoms with van der Waals surface area (Å²) in [5.74, 6) is 0. The fourth-order valence-electron chi connectivity index (χ4n) is 2.64. The van der Waals surface area contributed by atoms with Gasteiger partial charge in [-0.1, -0.05) is 25.1 Å². The second-order valence-electron chi connectivity index (χ2n) is 5.19. The van der Waals surface area contributed by atoms with Crippen molar-refractivity contribution in [3.05, 3.63) is 30.3 Å². The van der Waals surface area contributed by atoms with Crippen molar-refractivity contribution in [3.63, 3.8) is 0 Å². The minimum Gasteiger partial charge on any atom is -0.369 e. The van der Waals surface area contributed by atoms with Gasteiger partial charge >= 0.3 is 0 Å². The van der Waals surface area contributed by atoms with Crippen LogP contribution in [0.2, 0.25) is 0 Å². The quantitative estimate of drug-likeness (QED) is 0.856. The zero-order valence-corrected chi connectivity index (χ0v) is 12.3. The van der Waals surface area contributed by atoms with Crippen molar-refractivity contribution in [2.75, 3.05) is 44.2 Å². The number of hydrogen-bond donors (Lipinski definition) is 1. The molecule has 108 valence electrons. The van der Waals surface area contributed by atoms with E-state index in [1.165, 1.54) is 5.69 Å². The third kappa shape index (κ3) is 4.22. The van der Waals surface area contributed by atoms with Crippen LogP contribution < -0.4 is 10.2 Å².